The van der Waals surface area contributed by atoms with Gasteiger partial charge >= 0.3 is 0 Å². The van der Waals surface area contributed by atoms with E-state index in [1.165, 1.54) is 56.0 Å². The highest BCUT2D eigenvalue weighted by molar-refractivity contribution is 7.09. The van der Waals surface area contributed by atoms with Gasteiger partial charge in [-0.2, -0.15) is 0 Å². The summed E-state index contributed by atoms with van der Waals surface area (Å²) in [5, 5.41) is 7.54. The Balaban J connectivity index is 1.81. The van der Waals surface area contributed by atoms with Gasteiger partial charge in [0.1, 0.15) is 5.01 Å². The van der Waals surface area contributed by atoms with Gasteiger partial charge in [0.05, 0.1) is 11.2 Å². The van der Waals surface area contributed by atoms with Crippen LogP contribution in [0.4, 0.5) is 0 Å². The van der Waals surface area contributed by atoms with Crippen molar-refractivity contribution < 1.29 is 0 Å². The zero-order valence-electron chi connectivity index (χ0n) is 13.0. The Morgan fingerprint density at radius 3 is 2.60 bits per heavy atom. The molecule has 3 rings (SSSR count). The average molecular weight is 293 g/mol. The molecule has 1 aliphatic carbocycles. The van der Waals surface area contributed by atoms with E-state index in [2.05, 4.69) is 36.4 Å². The summed E-state index contributed by atoms with van der Waals surface area (Å²) in [6.07, 6.45) is 5.12. The molecule has 1 aliphatic heterocycles. The van der Waals surface area contributed by atoms with Crippen molar-refractivity contribution in [1.82, 2.24) is 15.2 Å². The van der Waals surface area contributed by atoms with E-state index < -0.39 is 0 Å². The van der Waals surface area contributed by atoms with Gasteiger partial charge in [0.2, 0.25) is 0 Å². The number of piperidine rings is 1. The van der Waals surface area contributed by atoms with Gasteiger partial charge in [-0.05, 0) is 38.1 Å². The molecule has 0 bridgehead atoms. The Morgan fingerprint density at radius 1 is 1.40 bits per heavy atom. The molecule has 1 aromatic rings. The second-order valence-electron chi connectivity index (χ2n) is 6.67. The second-order valence-corrected chi connectivity index (χ2v) is 7.53. The number of likely N-dealkylation sites (tertiary alicyclic amines) is 1. The number of thiazole rings is 1. The summed E-state index contributed by atoms with van der Waals surface area (Å²) in [5.41, 5.74) is 1.42. The molecule has 1 saturated heterocycles. The summed E-state index contributed by atoms with van der Waals surface area (Å²) >= 11 is 1.87. The van der Waals surface area contributed by atoms with E-state index in [1.807, 2.05) is 11.3 Å². The topological polar surface area (TPSA) is 28.2 Å². The van der Waals surface area contributed by atoms with Crippen LogP contribution in [0.3, 0.4) is 0 Å². The molecule has 4 heteroatoms. The molecule has 0 spiro atoms. The van der Waals surface area contributed by atoms with Crippen LogP contribution in [0.5, 0.6) is 0 Å². The molecule has 2 aliphatic rings. The molecule has 20 heavy (non-hydrogen) atoms. The molecule has 0 unspecified atom stereocenters. The molecule has 1 saturated carbocycles. The Kier molecular flexibility index (Phi) is 4.16. The fourth-order valence-electron chi connectivity index (χ4n) is 3.06. The van der Waals surface area contributed by atoms with E-state index in [0.717, 1.165) is 6.04 Å². The van der Waals surface area contributed by atoms with Gasteiger partial charge in [-0.15, -0.1) is 11.3 Å². The van der Waals surface area contributed by atoms with Gasteiger partial charge in [0.15, 0.2) is 0 Å². The first-order chi connectivity index (χ1) is 9.63. The predicted molar refractivity (Wildman–Crippen MR) is 85.4 cm³/mol. The van der Waals surface area contributed by atoms with Crippen LogP contribution in [0.1, 0.15) is 63.1 Å². The summed E-state index contributed by atoms with van der Waals surface area (Å²) in [5.74, 6) is 0.536. The minimum Gasteiger partial charge on any atom is -0.303 e. The van der Waals surface area contributed by atoms with Crippen LogP contribution in [0.15, 0.2) is 5.38 Å². The van der Waals surface area contributed by atoms with Crippen molar-refractivity contribution in [2.24, 2.45) is 0 Å². The largest absolute Gasteiger partial charge is 0.303 e. The SMILES string of the molecule is CCN1CCC(NC2CC2)(c2nc(C(C)C)cs2)CC1. The lowest BCUT2D eigenvalue weighted by molar-refractivity contribution is 0.137. The van der Waals surface area contributed by atoms with Crippen molar-refractivity contribution >= 4 is 11.3 Å². The summed E-state index contributed by atoms with van der Waals surface area (Å²) in [6, 6.07) is 0.745. The smallest absolute Gasteiger partial charge is 0.113 e. The Bertz CT molecular complexity index is 442. The quantitative estimate of drug-likeness (QED) is 0.902. The monoisotopic (exact) mass is 293 g/mol. The molecular formula is C16H27N3S. The van der Waals surface area contributed by atoms with Crippen LogP contribution in [0, 0.1) is 0 Å². The maximum atomic E-state index is 4.97. The molecule has 1 aromatic heterocycles. The van der Waals surface area contributed by atoms with Crippen LogP contribution in [0.2, 0.25) is 0 Å². The van der Waals surface area contributed by atoms with E-state index in [9.17, 15) is 0 Å². The predicted octanol–water partition coefficient (Wildman–Crippen LogP) is 3.33. The van der Waals surface area contributed by atoms with Crippen LogP contribution in [-0.2, 0) is 5.54 Å². The van der Waals surface area contributed by atoms with Gasteiger partial charge in [-0.3, -0.25) is 0 Å². The zero-order valence-corrected chi connectivity index (χ0v) is 13.8. The highest BCUT2D eigenvalue weighted by atomic mass is 32.1. The standard InChI is InChI=1S/C16H27N3S/c1-4-19-9-7-16(8-10-19,18-13-5-6-13)15-17-14(11-20-15)12(2)3/h11-13,18H,4-10H2,1-3H3. The molecule has 0 amide bonds. The van der Waals surface area contributed by atoms with E-state index in [0.29, 0.717) is 5.92 Å². The summed E-state index contributed by atoms with van der Waals surface area (Å²) < 4.78 is 0. The van der Waals surface area contributed by atoms with Gasteiger partial charge in [0.25, 0.3) is 0 Å². The van der Waals surface area contributed by atoms with Gasteiger partial charge < -0.3 is 10.2 Å². The molecule has 0 radical (unpaired) electrons. The molecule has 112 valence electrons. The van der Waals surface area contributed by atoms with E-state index in [4.69, 9.17) is 4.98 Å². The molecule has 3 nitrogen and oxygen atoms in total. The number of rotatable bonds is 5. The van der Waals surface area contributed by atoms with Crippen molar-refractivity contribution in [3.05, 3.63) is 16.1 Å². The summed E-state index contributed by atoms with van der Waals surface area (Å²) in [7, 11) is 0. The number of hydrogen-bond acceptors (Lipinski definition) is 4. The number of nitrogens with zero attached hydrogens (tertiary/aromatic N) is 2. The van der Waals surface area contributed by atoms with Gasteiger partial charge in [-0.1, -0.05) is 20.8 Å². The second kappa shape index (κ2) is 5.74. The molecule has 0 atom stereocenters. The van der Waals surface area contributed by atoms with Crippen LogP contribution in [-0.4, -0.2) is 35.6 Å². The number of nitrogens with one attached hydrogen (secondary N) is 1. The van der Waals surface area contributed by atoms with Crippen molar-refractivity contribution in [1.29, 1.82) is 0 Å². The molecular weight excluding hydrogens is 266 g/mol. The third-order valence-corrected chi connectivity index (χ3v) is 5.80. The van der Waals surface area contributed by atoms with E-state index in [1.54, 1.807) is 0 Å². The van der Waals surface area contributed by atoms with Gasteiger partial charge in [-0.25, -0.2) is 4.98 Å². The van der Waals surface area contributed by atoms with Gasteiger partial charge in [0, 0.05) is 24.5 Å². The number of hydrogen-bond donors (Lipinski definition) is 1. The van der Waals surface area contributed by atoms with Crippen LogP contribution in [0.25, 0.3) is 0 Å². The Hall–Kier alpha value is -0.450. The average Bonchev–Trinajstić information content (AvgIpc) is 3.10. The maximum absolute atomic E-state index is 4.97. The normalized spacial score (nSPS) is 23.4. The Morgan fingerprint density at radius 2 is 2.10 bits per heavy atom. The minimum absolute atomic E-state index is 0.157. The lowest BCUT2D eigenvalue weighted by Gasteiger charge is -2.41. The lowest BCUT2D eigenvalue weighted by atomic mass is 9.87. The van der Waals surface area contributed by atoms with Crippen molar-refractivity contribution in [2.75, 3.05) is 19.6 Å². The summed E-state index contributed by atoms with van der Waals surface area (Å²) in [4.78, 5) is 7.53. The molecule has 2 fully saturated rings. The summed E-state index contributed by atoms with van der Waals surface area (Å²) in [6.45, 7) is 10.3. The zero-order chi connectivity index (χ0) is 14.2. The van der Waals surface area contributed by atoms with Crippen LogP contribution < -0.4 is 5.32 Å². The number of aromatic nitrogens is 1. The first kappa shape index (κ1) is 14.5. The first-order valence-electron chi connectivity index (χ1n) is 8.09. The van der Waals surface area contributed by atoms with Crippen LogP contribution >= 0.6 is 11.3 Å². The lowest BCUT2D eigenvalue weighted by Crippen LogP contribution is -2.51. The minimum atomic E-state index is 0.157. The Labute approximate surface area is 126 Å². The highest BCUT2D eigenvalue weighted by Crippen LogP contribution is 2.38. The van der Waals surface area contributed by atoms with Crippen molar-refractivity contribution in [3.63, 3.8) is 0 Å². The fourth-order valence-corrected chi connectivity index (χ4v) is 4.26. The third kappa shape index (κ3) is 2.92. The fraction of sp³-hybridized carbons (Fsp3) is 0.812. The van der Waals surface area contributed by atoms with Crippen molar-refractivity contribution in [3.8, 4) is 0 Å². The first-order valence-corrected chi connectivity index (χ1v) is 8.97. The molecule has 2 heterocycles. The van der Waals surface area contributed by atoms with Crippen molar-refractivity contribution in [2.45, 2.75) is 64.0 Å². The third-order valence-electron chi connectivity index (χ3n) is 4.74. The van der Waals surface area contributed by atoms with E-state index in [-0.39, 0.29) is 5.54 Å². The molecule has 0 aromatic carbocycles. The molecule has 1 N–H and O–H groups in total. The van der Waals surface area contributed by atoms with E-state index >= 15 is 0 Å². The maximum Gasteiger partial charge on any atom is 0.113 e. The highest BCUT2D eigenvalue weighted by Gasteiger charge is 2.42.